The van der Waals surface area contributed by atoms with Gasteiger partial charge in [-0.2, -0.15) is 4.98 Å². The zero-order chi connectivity index (χ0) is 24.0. The van der Waals surface area contributed by atoms with E-state index in [4.69, 9.17) is 14.1 Å². The molecule has 1 aliphatic rings. The van der Waals surface area contributed by atoms with Crippen molar-refractivity contribution in [1.82, 2.24) is 19.5 Å². The van der Waals surface area contributed by atoms with Crippen LogP contribution in [0.4, 0.5) is 0 Å². The molecule has 1 saturated carbocycles. The first-order valence-corrected chi connectivity index (χ1v) is 12.0. The summed E-state index contributed by atoms with van der Waals surface area (Å²) in [5, 5.41) is 0.765. The summed E-state index contributed by atoms with van der Waals surface area (Å²) < 4.78 is 12.8. The maximum Gasteiger partial charge on any atom is 0.338 e. The SMILES string of the molecule is COC(=O)c1cc(C)nc2c1c(=O)nc(SCc1nc(-c3cccc(C)c3)oc1C)n2C1CC1. The first-order chi connectivity index (χ1) is 16.4. The molecular formula is C25H24N4O4S. The molecule has 1 aliphatic carbocycles. The number of fused-ring (bicyclic) bond motifs is 1. The van der Waals surface area contributed by atoms with Gasteiger partial charge in [0, 0.05) is 23.1 Å². The highest BCUT2D eigenvalue weighted by Crippen LogP contribution is 2.40. The van der Waals surface area contributed by atoms with E-state index in [0.717, 1.165) is 35.4 Å². The standard InChI is InChI=1S/C25H24N4O4S/c1-13-6-5-7-16(10-13)23-27-19(15(3)33-23)12-34-25-28-22(30)20-18(24(31)32-4)11-14(2)26-21(20)29(25)17-8-9-17/h5-7,10-11,17H,8-9,12H2,1-4H3. The minimum atomic E-state index is -0.570. The third-order valence-electron chi connectivity index (χ3n) is 5.79. The lowest BCUT2D eigenvalue weighted by molar-refractivity contribution is 0.0602. The van der Waals surface area contributed by atoms with Crippen molar-refractivity contribution in [2.24, 2.45) is 0 Å². The number of benzene rings is 1. The fourth-order valence-corrected chi connectivity index (χ4v) is 5.02. The van der Waals surface area contributed by atoms with E-state index in [1.54, 1.807) is 13.0 Å². The number of esters is 1. The van der Waals surface area contributed by atoms with E-state index < -0.39 is 11.5 Å². The van der Waals surface area contributed by atoms with Crippen LogP contribution in [-0.2, 0) is 10.5 Å². The van der Waals surface area contributed by atoms with E-state index >= 15 is 0 Å². The van der Waals surface area contributed by atoms with E-state index in [2.05, 4.69) is 9.97 Å². The first kappa shape index (κ1) is 22.3. The zero-order valence-corrected chi connectivity index (χ0v) is 20.2. The molecule has 0 amide bonds. The molecule has 0 bridgehead atoms. The lowest BCUT2D eigenvalue weighted by atomic mass is 10.1. The van der Waals surface area contributed by atoms with Gasteiger partial charge in [0.25, 0.3) is 5.56 Å². The average Bonchev–Trinajstić information content (AvgIpc) is 3.57. The van der Waals surface area contributed by atoms with Gasteiger partial charge in [0.05, 0.1) is 23.8 Å². The number of methoxy groups -OCH3 is 1. The van der Waals surface area contributed by atoms with Gasteiger partial charge in [0.15, 0.2) is 5.16 Å². The Labute approximate surface area is 200 Å². The van der Waals surface area contributed by atoms with Crippen molar-refractivity contribution in [2.45, 2.75) is 50.6 Å². The van der Waals surface area contributed by atoms with Crippen LogP contribution in [0.1, 0.15) is 52.0 Å². The van der Waals surface area contributed by atoms with Crippen molar-refractivity contribution in [3.05, 3.63) is 69.0 Å². The highest BCUT2D eigenvalue weighted by atomic mass is 32.2. The lowest BCUT2D eigenvalue weighted by Crippen LogP contribution is -2.20. The number of hydrogen-bond acceptors (Lipinski definition) is 8. The minimum Gasteiger partial charge on any atom is -0.465 e. The van der Waals surface area contributed by atoms with Crippen LogP contribution in [0.25, 0.3) is 22.5 Å². The predicted molar refractivity (Wildman–Crippen MR) is 129 cm³/mol. The Kier molecular flexibility index (Phi) is 5.73. The van der Waals surface area contributed by atoms with Gasteiger partial charge in [-0.15, -0.1) is 0 Å². The Hall–Kier alpha value is -3.46. The Morgan fingerprint density at radius 1 is 1.18 bits per heavy atom. The summed E-state index contributed by atoms with van der Waals surface area (Å²) in [5.74, 6) is 1.22. The predicted octanol–water partition coefficient (Wildman–Crippen LogP) is 4.79. The molecule has 0 unspecified atom stereocenters. The molecule has 5 rings (SSSR count). The van der Waals surface area contributed by atoms with Crippen LogP contribution >= 0.6 is 11.8 Å². The summed E-state index contributed by atoms with van der Waals surface area (Å²) in [6.45, 7) is 5.71. The molecule has 0 spiro atoms. The highest BCUT2D eigenvalue weighted by Gasteiger charge is 2.30. The van der Waals surface area contributed by atoms with Crippen molar-refractivity contribution < 1.29 is 13.9 Å². The molecule has 9 heteroatoms. The van der Waals surface area contributed by atoms with E-state index in [-0.39, 0.29) is 17.0 Å². The fourth-order valence-electron chi connectivity index (χ4n) is 3.96. The summed E-state index contributed by atoms with van der Waals surface area (Å²) >= 11 is 1.42. The van der Waals surface area contributed by atoms with Crippen molar-refractivity contribution in [2.75, 3.05) is 7.11 Å². The highest BCUT2D eigenvalue weighted by molar-refractivity contribution is 7.98. The van der Waals surface area contributed by atoms with E-state index in [0.29, 0.717) is 28.1 Å². The largest absolute Gasteiger partial charge is 0.465 e. The molecule has 0 N–H and O–H groups in total. The molecule has 0 radical (unpaired) electrons. The van der Waals surface area contributed by atoms with Crippen LogP contribution in [0.15, 0.2) is 44.7 Å². The van der Waals surface area contributed by atoms with Crippen molar-refractivity contribution in [3.8, 4) is 11.5 Å². The van der Waals surface area contributed by atoms with Crippen LogP contribution < -0.4 is 5.56 Å². The normalized spacial score (nSPS) is 13.4. The Morgan fingerprint density at radius 2 is 1.97 bits per heavy atom. The number of oxazole rings is 1. The minimum absolute atomic E-state index is 0.194. The van der Waals surface area contributed by atoms with Gasteiger partial charge in [-0.05, 0) is 51.8 Å². The summed E-state index contributed by atoms with van der Waals surface area (Å²) in [7, 11) is 1.30. The van der Waals surface area contributed by atoms with Gasteiger partial charge in [-0.3, -0.25) is 4.79 Å². The number of nitrogens with zero attached hydrogens (tertiary/aromatic N) is 4. The Morgan fingerprint density at radius 3 is 2.68 bits per heavy atom. The van der Waals surface area contributed by atoms with E-state index in [1.807, 2.05) is 42.7 Å². The van der Waals surface area contributed by atoms with Gasteiger partial charge >= 0.3 is 5.97 Å². The van der Waals surface area contributed by atoms with Crippen LogP contribution in [0.2, 0.25) is 0 Å². The second-order valence-electron chi connectivity index (χ2n) is 8.48. The molecule has 0 saturated heterocycles. The molecule has 34 heavy (non-hydrogen) atoms. The number of carbonyl (C=O) groups is 1. The Balaban J connectivity index is 1.54. The summed E-state index contributed by atoms with van der Waals surface area (Å²) in [6, 6.07) is 9.78. The number of aryl methyl sites for hydroxylation is 3. The molecule has 0 atom stereocenters. The topological polar surface area (TPSA) is 100 Å². The fraction of sp³-hybridized carbons (Fsp3) is 0.320. The number of carbonyl (C=O) groups excluding carboxylic acids is 1. The maximum absolute atomic E-state index is 13.0. The second kappa shape index (κ2) is 8.72. The quantitative estimate of drug-likeness (QED) is 0.223. The van der Waals surface area contributed by atoms with Crippen molar-refractivity contribution in [3.63, 3.8) is 0 Å². The van der Waals surface area contributed by atoms with Crippen LogP contribution in [0.3, 0.4) is 0 Å². The van der Waals surface area contributed by atoms with Gasteiger partial charge in [-0.25, -0.2) is 14.8 Å². The van der Waals surface area contributed by atoms with Crippen molar-refractivity contribution in [1.29, 1.82) is 0 Å². The summed E-state index contributed by atoms with van der Waals surface area (Å²) in [5.41, 5.74) is 3.68. The number of thioether (sulfide) groups is 1. The molecule has 1 fully saturated rings. The summed E-state index contributed by atoms with van der Waals surface area (Å²) in [4.78, 5) is 39.1. The van der Waals surface area contributed by atoms with E-state index in [9.17, 15) is 9.59 Å². The Bertz CT molecular complexity index is 1490. The number of aromatic nitrogens is 4. The lowest BCUT2D eigenvalue weighted by Gasteiger charge is -2.15. The monoisotopic (exact) mass is 476 g/mol. The number of pyridine rings is 1. The van der Waals surface area contributed by atoms with Crippen LogP contribution in [0, 0.1) is 20.8 Å². The summed E-state index contributed by atoms with van der Waals surface area (Å²) in [6.07, 6.45) is 1.94. The van der Waals surface area contributed by atoms with Gasteiger partial charge < -0.3 is 13.7 Å². The molecule has 1 aromatic carbocycles. The molecular weight excluding hydrogens is 452 g/mol. The molecule has 3 aromatic heterocycles. The third-order valence-corrected chi connectivity index (χ3v) is 6.75. The molecule has 3 heterocycles. The zero-order valence-electron chi connectivity index (χ0n) is 19.4. The number of ether oxygens (including phenoxy) is 1. The first-order valence-electron chi connectivity index (χ1n) is 11.0. The van der Waals surface area contributed by atoms with Crippen LogP contribution in [-0.4, -0.2) is 32.6 Å². The van der Waals surface area contributed by atoms with Gasteiger partial charge in [0.1, 0.15) is 11.4 Å². The smallest absolute Gasteiger partial charge is 0.338 e. The van der Waals surface area contributed by atoms with Gasteiger partial charge in [-0.1, -0.05) is 29.5 Å². The molecule has 8 nitrogen and oxygen atoms in total. The van der Waals surface area contributed by atoms with Crippen molar-refractivity contribution >= 4 is 28.8 Å². The van der Waals surface area contributed by atoms with Crippen LogP contribution in [0.5, 0.6) is 0 Å². The number of hydrogen-bond donors (Lipinski definition) is 0. The van der Waals surface area contributed by atoms with Gasteiger partial charge in [0.2, 0.25) is 5.89 Å². The molecule has 4 aromatic rings. The second-order valence-corrected chi connectivity index (χ2v) is 9.42. The molecule has 0 aliphatic heterocycles. The third kappa shape index (κ3) is 4.11. The average molecular weight is 477 g/mol. The molecule has 174 valence electrons. The number of rotatable bonds is 6. The van der Waals surface area contributed by atoms with E-state index in [1.165, 1.54) is 18.9 Å². The maximum atomic E-state index is 13.0.